The first-order chi connectivity index (χ1) is 17.3. The molecule has 0 aliphatic carbocycles. The zero-order valence-corrected chi connectivity index (χ0v) is 24.3. The van der Waals surface area contributed by atoms with E-state index in [1.54, 1.807) is 54.8 Å². The molecule has 0 fully saturated rings. The van der Waals surface area contributed by atoms with Crippen molar-refractivity contribution in [3.8, 4) is 11.5 Å². The molecule has 204 valence electrons. The summed E-state index contributed by atoms with van der Waals surface area (Å²) in [7, 11) is 4.71. The van der Waals surface area contributed by atoms with Crippen molar-refractivity contribution >= 4 is 29.0 Å². The van der Waals surface area contributed by atoms with Crippen LogP contribution in [0.5, 0.6) is 11.5 Å². The molecule has 0 aliphatic heterocycles. The Morgan fingerprint density at radius 3 is 1.17 bits per heavy atom. The third-order valence-corrected chi connectivity index (χ3v) is 11.0. The van der Waals surface area contributed by atoms with Gasteiger partial charge < -0.3 is 47.5 Å². The summed E-state index contributed by atoms with van der Waals surface area (Å²) in [5.74, 6) is 1.55. The minimum Gasteiger partial charge on any atom is -0.494 e. The van der Waals surface area contributed by atoms with Crippen molar-refractivity contribution in [1.82, 2.24) is 0 Å². The number of hydrogen-bond donors (Lipinski definition) is 2. The SMILES string of the molecule is CO[Si](CCCOc1cccc(N)c1)(OC)OC.CO[Si](CCCOc1cccc(N)c1)(OC)OC. The molecule has 36 heavy (non-hydrogen) atoms. The van der Waals surface area contributed by atoms with E-state index < -0.39 is 17.6 Å². The molecule has 0 saturated heterocycles. The Balaban J connectivity index is 0.000000360. The van der Waals surface area contributed by atoms with Crippen LogP contribution in [-0.4, -0.2) is 73.5 Å². The molecule has 0 unspecified atom stereocenters. The van der Waals surface area contributed by atoms with Crippen LogP contribution in [0, 0.1) is 0 Å². The van der Waals surface area contributed by atoms with Crippen molar-refractivity contribution in [2.45, 2.75) is 24.9 Å². The molecular weight excluding hydrogens is 500 g/mol. The molecule has 2 rings (SSSR count). The Labute approximate surface area is 217 Å². The van der Waals surface area contributed by atoms with Gasteiger partial charge in [-0.05, 0) is 37.1 Å². The molecule has 4 N–H and O–H groups in total. The molecule has 0 saturated carbocycles. The van der Waals surface area contributed by atoms with Gasteiger partial charge in [0, 0.05) is 78.3 Å². The topological polar surface area (TPSA) is 126 Å². The average Bonchev–Trinajstić information content (AvgIpc) is 2.90. The zero-order chi connectivity index (χ0) is 26.9. The van der Waals surface area contributed by atoms with Crippen molar-refractivity contribution in [1.29, 1.82) is 0 Å². The summed E-state index contributed by atoms with van der Waals surface area (Å²) >= 11 is 0. The van der Waals surface area contributed by atoms with Gasteiger partial charge in [-0.1, -0.05) is 12.1 Å². The molecule has 10 nitrogen and oxygen atoms in total. The van der Waals surface area contributed by atoms with Crippen molar-refractivity contribution in [3.63, 3.8) is 0 Å². The van der Waals surface area contributed by atoms with Gasteiger partial charge in [-0.2, -0.15) is 0 Å². The van der Waals surface area contributed by atoms with E-state index in [0.717, 1.165) is 36.4 Å². The monoisotopic (exact) mass is 542 g/mol. The van der Waals surface area contributed by atoms with Gasteiger partial charge in [0.15, 0.2) is 0 Å². The fraction of sp³-hybridized carbons (Fsp3) is 0.500. The van der Waals surface area contributed by atoms with Crippen LogP contribution in [0.3, 0.4) is 0 Å². The second-order valence-electron chi connectivity index (χ2n) is 7.64. The summed E-state index contributed by atoms with van der Waals surface area (Å²) in [4.78, 5) is 0. The Hall–Kier alpha value is -2.17. The summed E-state index contributed by atoms with van der Waals surface area (Å²) in [5.41, 5.74) is 12.7. The summed E-state index contributed by atoms with van der Waals surface area (Å²) in [6, 6.07) is 16.2. The Morgan fingerprint density at radius 1 is 0.556 bits per heavy atom. The van der Waals surface area contributed by atoms with Crippen LogP contribution in [0.25, 0.3) is 0 Å². The lowest BCUT2D eigenvalue weighted by Crippen LogP contribution is -2.42. The minimum atomic E-state index is -2.47. The van der Waals surface area contributed by atoms with Gasteiger partial charge in [-0.15, -0.1) is 0 Å². The van der Waals surface area contributed by atoms with Gasteiger partial charge >= 0.3 is 17.6 Å². The van der Waals surface area contributed by atoms with Crippen molar-refractivity contribution < 1.29 is 36.0 Å². The molecule has 0 aromatic heterocycles. The molecule has 2 aromatic rings. The zero-order valence-electron chi connectivity index (χ0n) is 22.3. The Kier molecular flexibility index (Phi) is 15.3. The predicted molar refractivity (Wildman–Crippen MR) is 145 cm³/mol. The molecule has 0 bridgehead atoms. The van der Waals surface area contributed by atoms with Gasteiger partial charge in [-0.3, -0.25) is 0 Å². The largest absolute Gasteiger partial charge is 0.500 e. The van der Waals surface area contributed by atoms with E-state index in [0.29, 0.717) is 24.6 Å². The van der Waals surface area contributed by atoms with E-state index >= 15 is 0 Å². The predicted octanol–water partition coefficient (Wildman–Crippen LogP) is 3.83. The van der Waals surface area contributed by atoms with E-state index in [1.165, 1.54) is 0 Å². The van der Waals surface area contributed by atoms with E-state index in [-0.39, 0.29) is 0 Å². The quantitative estimate of drug-likeness (QED) is 0.184. The second-order valence-corrected chi connectivity index (χ2v) is 13.8. The summed E-state index contributed by atoms with van der Waals surface area (Å²) in [6.45, 7) is 1.16. The molecule has 0 atom stereocenters. The van der Waals surface area contributed by atoms with Gasteiger partial charge in [0.25, 0.3) is 0 Å². The van der Waals surface area contributed by atoms with E-state index in [2.05, 4.69) is 0 Å². The molecule has 12 heteroatoms. The molecular formula is C24H42N2O8Si2. The first-order valence-corrected chi connectivity index (χ1v) is 15.5. The molecule has 0 amide bonds. The molecule has 2 aromatic carbocycles. The number of nitrogen functional groups attached to an aromatic ring is 2. The molecule has 0 aliphatic rings. The van der Waals surface area contributed by atoms with Crippen molar-refractivity contribution in [3.05, 3.63) is 48.5 Å². The smallest absolute Gasteiger partial charge is 0.494 e. The highest BCUT2D eigenvalue weighted by Crippen LogP contribution is 2.19. The number of ether oxygens (including phenoxy) is 2. The number of rotatable bonds is 16. The van der Waals surface area contributed by atoms with E-state index in [1.807, 2.05) is 36.4 Å². The number of nitrogens with two attached hydrogens (primary N) is 2. The van der Waals surface area contributed by atoms with Crippen molar-refractivity contribution in [2.75, 3.05) is 67.3 Å². The standard InChI is InChI=1S/2C12H21NO4Si/c2*1-14-18(15-2,16-3)9-5-8-17-12-7-4-6-11(13)10-12/h2*4,6-7,10H,5,8-9,13H2,1-3H3. The normalized spacial score (nSPS) is 11.5. The fourth-order valence-corrected chi connectivity index (χ4v) is 6.66. The average molecular weight is 543 g/mol. The lowest BCUT2D eigenvalue weighted by atomic mass is 10.3. The van der Waals surface area contributed by atoms with Crippen LogP contribution in [0.15, 0.2) is 48.5 Å². The van der Waals surface area contributed by atoms with E-state index in [9.17, 15) is 0 Å². The van der Waals surface area contributed by atoms with Crippen molar-refractivity contribution in [2.24, 2.45) is 0 Å². The highest BCUT2D eigenvalue weighted by atomic mass is 28.4. The molecule has 0 radical (unpaired) electrons. The maximum Gasteiger partial charge on any atom is 0.500 e. The summed E-state index contributed by atoms with van der Waals surface area (Å²) in [5, 5.41) is 0. The number of hydrogen-bond acceptors (Lipinski definition) is 10. The van der Waals surface area contributed by atoms with Crippen LogP contribution < -0.4 is 20.9 Å². The number of anilines is 2. The van der Waals surface area contributed by atoms with Gasteiger partial charge in [0.1, 0.15) is 11.5 Å². The molecule has 0 heterocycles. The van der Waals surface area contributed by atoms with Crippen LogP contribution in [0.4, 0.5) is 11.4 Å². The first-order valence-electron chi connectivity index (χ1n) is 11.6. The minimum absolute atomic E-state index is 0.578. The fourth-order valence-electron chi connectivity index (χ4n) is 3.28. The summed E-state index contributed by atoms with van der Waals surface area (Å²) in [6.07, 6.45) is 1.60. The summed E-state index contributed by atoms with van der Waals surface area (Å²) < 4.78 is 43.1. The van der Waals surface area contributed by atoms with Gasteiger partial charge in [-0.25, -0.2) is 0 Å². The van der Waals surface area contributed by atoms with Crippen LogP contribution in [0.1, 0.15) is 12.8 Å². The van der Waals surface area contributed by atoms with Gasteiger partial charge in [0.05, 0.1) is 13.2 Å². The maximum absolute atomic E-state index is 5.66. The first kappa shape index (κ1) is 31.9. The second kappa shape index (κ2) is 17.3. The molecule has 0 spiro atoms. The number of benzene rings is 2. The van der Waals surface area contributed by atoms with Crippen LogP contribution >= 0.6 is 0 Å². The highest BCUT2D eigenvalue weighted by molar-refractivity contribution is 6.60. The van der Waals surface area contributed by atoms with Gasteiger partial charge in [0.2, 0.25) is 0 Å². The Morgan fingerprint density at radius 2 is 0.889 bits per heavy atom. The van der Waals surface area contributed by atoms with Crippen LogP contribution in [0.2, 0.25) is 12.1 Å². The Bertz CT molecular complexity index is 768. The van der Waals surface area contributed by atoms with E-state index in [4.69, 9.17) is 47.5 Å². The maximum atomic E-state index is 5.66. The highest BCUT2D eigenvalue weighted by Gasteiger charge is 2.37. The third kappa shape index (κ3) is 11.3. The lowest BCUT2D eigenvalue weighted by Gasteiger charge is -2.24. The van der Waals surface area contributed by atoms with Crippen LogP contribution in [-0.2, 0) is 26.6 Å². The lowest BCUT2D eigenvalue weighted by molar-refractivity contribution is 0.120. The third-order valence-electron chi connectivity index (χ3n) is 5.37.